The first-order valence-electron chi connectivity index (χ1n) is 8.32. The SMILES string of the molecule is O=C(OCC1CCCCO1)C1CC(=O)N(C2CCCC2)C1. The third kappa shape index (κ3) is 3.57. The number of rotatable bonds is 4. The Morgan fingerprint density at radius 1 is 1.19 bits per heavy atom. The molecule has 5 heteroatoms. The summed E-state index contributed by atoms with van der Waals surface area (Å²) in [4.78, 5) is 26.1. The topological polar surface area (TPSA) is 55.8 Å². The first kappa shape index (κ1) is 14.8. The molecule has 2 aliphatic heterocycles. The Hall–Kier alpha value is -1.10. The van der Waals surface area contributed by atoms with Crippen LogP contribution >= 0.6 is 0 Å². The second kappa shape index (κ2) is 6.77. The highest BCUT2D eigenvalue weighted by atomic mass is 16.6. The molecule has 0 bridgehead atoms. The van der Waals surface area contributed by atoms with E-state index >= 15 is 0 Å². The largest absolute Gasteiger partial charge is 0.463 e. The molecule has 0 radical (unpaired) electrons. The van der Waals surface area contributed by atoms with E-state index in [0.717, 1.165) is 38.7 Å². The van der Waals surface area contributed by atoms with Gasteiger partial charge in [-0.3, -0.25) is 9.59 Å². The van der Waals surface area contributed by atoms with E-state index < -0.39 is 0 Å². The Kier molecular flexibility index (Phi) is 4.78. The lowest BCUT2D eigenvalue weighted by molar-refractivity contribution is -0.153. The molecular formula is C16H25NO4. The van der Waals surface area contributed by atoms with Crippen LogP contribution in [0.15, 0.2) is 0 Å². The lowest BCUT2D eigenvalue weighted by Gasteiger charge is -2.24. The van der Waals surface area contributed by atoms with Gasteiger partial charge in [0.1, 0.15) is 6.61 Å². The Morgan fingerprint density at radius 3 is 2.67 bits per heavy atom. The fourth-order valence-electron chi connectivity index (χ4n) is 3.69. The van der Waals surface area contributed by atoms with Gasteiger partial charge in [0.2, 0.25) is 5.91 Å². The predicted molar refractivity (Wildman–Crippen MR) is 76.6 cm³/mol. The Morgan fingerprint density at radius 2 is 1.95 bits per heavy atom. The minimum atomic E-state index is -0.276. The molecule has 2 heterocycles. The van der Waals surface area contributed by atoms with Crippen molar-refractivity contribution in [2.24, 2.45) is 5.92 Å². The molecule has 1 aliphatic carbocycles. The van der Waals surface area contributed by atoms with Crippen LogP contribution in [-0.2, 0) is 19.1 Å². The summed E-state index contributed by atoms with van der Waals surface area (Å²) in [5.74, 6) is -0.377. The summed E-state index contributed by atoms with van der Waals surface area (Å²) in [6.45, 7) is 1.65. The number of nitrogens with zero attached hydrogens (tertiary/aromatic N) is 1. The number of carbonyl (C=O) groups is 2. The molecule has 1 amide bonds. The van der Waals surface area contributed by atoms with E-state index in [4.69, 9.17) is 9.47 Å². The van der Waals surface area contributed by atoms with Crippen molar-refractivity contribution in [3.8, 4) is 0 Å². The van der Waals surface area contributed by atoms with Crippen LogP contribution in [-0.4, -0.2) is 48.7 Å². The minimum Gasteiger partial charge on any atom is -0.463 e. The highest BCUT2D eigenvalue weighted by Crippen LogP contribution is 2.30. The molecule has 1 saturated carbocycles. The van der Waals surface area contributed by atoms with E-state index in [-0.39, 0.29) is 23.9 Å². The monoisotopic (exact) mass is 295 g/mol. The number of ether oxygens (including phenoxy) is 2. The van der Waals surface area contributed by atoms with Gasteiger partial charge in [-0.25, -0.2) is 0 Å². The van der Waals surface area contributed by atoms with Crippen LogP contribution in [0.2, 0.25) is 0 Å². The van der Waals surface area contributed by atoms with Gasteiger partial charge in [-0.2, -0.15) is 0 Å². The summed E-state index contributed by atoms with van der Waals surface area (Å²) in [7, 11) is 0. The maximum atomic E-state index is 12.1. The van der Waals surface area contributed by atoms with Crippen LogP contribution in [0.25, 0.3) is 0 Å². The molecule has 3 rings (SSSR count). The van der Waals surface area contributed by atoms with Crippen LogP contribution in [0.1, 0.15) is 51.4 Å². The minimum absolute atomic E-state index is 0.0470. The standard InChI is InChI=1S/C16H25NO4/c18-15-9-12(10-17(15)13-5-1-2-6-13)16(19)21-11-14-7-3-4-8-20-14/h12-14H,1-11H2. The van der Waals surface area contributed by atoms with Crippen molar-refractivity contribution in [2.45, 2.75) is 63.5 Å². The van der Waals surface area contributed by atoms with Crippen LogP contribution in [0.5, 0.6) is 0 Å². The van der Waals surface area contributed by atoms with E-state index in [0.29, 0.717) is 25.6 Å². The summed E-state index contributed by atoms with van der Waals surface area (Å²) in [6, 6.07) is 0.358. The van der Waals surface area contributed by atoms with Gasteiger partial charge >= 0.3 is 5.97 Å². The molecule has 0 aromatic rings. The second-order valence-electron chi connectivity index (χ2n) is 6.50. The summed E-state index contributed by atoms with van der Waals surface area (Å²) < 4.78 is 10.9. The summed E-state index contributed by atoms with van der Waals surface area (Å²) in [5.41, 5.74) is 0. The summed E-state index contributed by atoms with van der Waals surface area (Å²) in [6.07, 6.45) is 8.13. The van der Waals surface area contributed by atoms with Crippen molar-refractivity contribution in [1.29, 1.82) is 0 Å². The summed E-state index contributed by atoms with van der Waals surface area (Å²) in [5, 5.41) is 0. The van der Waals surface area contributed by atoms with Crippen LogP contribution in [0.4, 0.5) is 0 Å². The molecule has 0 N–H and O–H groups in total. The van der Waals surface area contributed by atoms with Gasteiger partial charge < -0.3 is 14.4 Å². The molecule has 2 atom stereocenters. The van der Waals surface area contributed by atoms with Crippen LogP contribution in [0.3, 0.4) is 0 Å². The molecule has 118 valence electrons. The molecular weight excluding hydrogens is 270 g/mol. The van der Waals surface area contributed by atoms with E-state index in [1.165, 1.54) is 12.8 Å². The quantitative estimate of drug-likeness (QED) is 0.743. The smallest absolute Gasteiger partial charge is 0.311 e. The van der Waals surface area contributed by atoms with Crippen molar-refractivity contribution < 1.29 is 19.1 Å². The van der Waals surface area contributed by atoms with Gasteiger partial charge in [-0.05, 0) is 32.1 Å². The van der Waals surface area contributed by atoms with Crippen LogP contribution in [0, 0.1) is 5.92 Å². The van der Waals surface area contributed by atoms with Gasteiger partial charge in [0.05, 0.1) is 12.0 Å². The maximum absolute atomic E-state index is 12.1. The zero-order chi connectivity index (χ0) is 14.7. The maximum Gasteiger partial charge on any atom is 0.311 e. The van der Waals surface area contributed by atoms with Gasteiger partial charge in [-0.1, -0.05) is 12.8 Å². The number of hydrogen-bond acceptors (Lipinski definition) is 4. The number of likely N-dealkylation sites (tertiary alicyclic amines) is 1. The molecule has 2 unspecified atom stereocenters. The van der Waals surface area contributed by atoms with E-state index in [1.54, 1.807) is 0 Å². The van der Waals surface area contributed by atoms with Gasteiger partial charge in [0, 0.05) is 25.6 Å². The zero-order valence-corrected chi connectivity index (χ0v) is 12.6. The molecule has 0 spiro atoms. The van der Waals surface area contributed by atoms with E-state index in [9.17, 15) is 9.59 Å². The van der Waals surface area contributed by atoms with Crippen molar-refractivity contribution >= 4 is 11.9 Å². The zero-order valence-electron chi connectivity index (χ0n) is 12.6. The third-order valence-corrected chi connectivity index (χ3v) is 4.94. The van der Waals surface area contributed by atoms with Gasteiger partial charge in [0.15, 0.2) is 0 Å². The first-order chi connectivity index (χ1) is 10.2. The average Bonchev–Trinajstić information content (AvgIpc) is 3.15. The van der Waals surface area contributed by atoms with Crippen molar-refractivity contribution in [2.75, 3.05) is 19.8 Å². The fraction of sp³-hybridized carbons (Fsp3) is 0.875. The van der Waals surface area contributed by atoms with Crippen molar-refractivity contribution in [3.63, 3.8) is 0 Å². The number of hydrogen-bond donors (Lipinski definition) is 0. The number of amides is 1. The molecule has 3 aliphatic rings. The van der Waals surface area contributed by atoms with E-state index in [1.807, 2.05) is 4.90 Å². The molecule has 21 heavy (non-hydrogen) atoms. The molecule has 3 fully saturated rings. The molecule has 2 saturated heterocycles. The second-order valence-corrected chi connectivity index (χ2v) is 6.50. The normalized spacial score (nSPS) is 30.9. The lowest BCUT2D eigenvalue weighted by atomic mass is 10.1. The first-order valence-corrected chi connectivity index (χ1v) is 8.32. The van der Waals surface area contributed by atoms with Gasteiger partial charge in [0.25, 0.3) is 0 Å². The summed E-state index contributed by atoms with van der Waals surface area (Å²) >= 11 is 0. The lowest BCUT2D eigenvalue weighted by Crippen LogP contribution is -2.35. The molecule has 0 aromatic carbocycles. The predicted octanol–water partition coefficient (Wildman–Crippen LogP) is 1.89. The Balaban J connectivity index is 1.45. The van der Waals surface area contributed by atoms with Crippen molar-refractivity contribution in [1.82, 2.24) is 4.90 Å². The van der Waals surface area contributed by atoms with Crippen LogP contribution < -0.4 is 0 Å². The molecule has 0 aromatic heterocycles. The average molecular weight is 295 g/mol. The molecule has 5 nitrogen and oxygen atoms in total. The fourth-order valence-corrected chi connectivity index (χ4v) is 3.69. The third-order valence-electron chi connectivity index (χ3n) is 4.94. The Labute approximate surface area is 126 Å². The highest BCUT2D eigenvalue weighted by Gasteiger charge is 2.39. The van der Waals surface area contributed by atoms with Gasteiger partial charge in [-0.15, -0.1) is 0 Å². The van der Waals surface area contributed by atoms with Crippen molar-refractivity contribution in [3.05, 3.63) is 0 Å². The number of carbonyl (C=O) groups excluding carboxylic acids is 2. The van der Waals surface area contributed by atoms with E-state index in [2.05, 4.69) is 0 Å². The number of esters is 1. The highest BCUT2D eigenvalue weighted by molar-refractivity contribution is 5.87. The Bertz CT molecular complexity index is 386.